The summed E-state index contributed by atoms with van der Waals surface area (Å²) in [5.41, 5.74) is 0.449. The third kappa shape index (κ3) is 5.11. The minimum Gasteiger partial charge on any atom is -0.747 e. The average Bonchev–Trinajstić information content (AvgIpc) is 2.75. The molecular formula is C20H22MgO12S2. The molecule has 0 bridgehead atoms. The van der Waals surface area contributed by atoms with Crippen molar-refractivity contribution in [1.29, 1.82) is 0 Å². The first kappa shape index (κ1) is 29.6. The number of carbonyl (C=O) groups is 4. The van der Waals surface area contributed by atoms with E-state index in [9.17, 15) is 45.1 Å². The summed E-state index contributed by atoms with van der Waals surface area (Å²) in [6, 6.07) is 0. The molecular weight excluding hydrogens is 521 g/mol. The van der Waals surface area contributed by atoms with Crippen LogP contribution in [0.2, 0.25) is 0 Å². The first-order chi connectivity index (χ1) is 15.5. The van der Waals surface area contributed by atoms with E-state index in [0.29, 0.717) is 25.7 Å². The molecule has 4 aliphatic rings. The van der Waals surface area contributed by atoms with E-state index in [0.717, 1.165) is 13.8 Å². The molecule has 0 aromatic carbocycles. The van der Waals surface area contributed by atoms with E-state index < -0.39 is 65.7 Å². The normalized spacial score (nSPS) is 29.1. The van der Waals surface area contributed by atoms with Gasteiger partial charge in [-0.05, 0) is 39.5 Å². The van der Waals surface area contributed by atoms with E-state index in [1.807, 2.05) is 0 Å². The first-order valence-corrected chi connectivity index (χ1v) is 13.1. The van der Waals surface area contributed by atoms with Gasteiger partial charge in [0.15, 0.2) is 23.1 Å². The van der Waals surface area contributed by atoms with Gasteiger partial charge >= 0.3 is 23.1 Å². The Morgan fingerprint density at radius 1 is 0.686 bits per heavy atom. The van der Waals surface area contributed by atoms with Gasteiger partial charge in [-0.1, -0.05) is 0 Å². The zero-order valence-electron chi connectivity index (χ0n) is 19.1. The summed E-state index contributed by atoms with van der Waals surface area (Å²) in [6.45, 7) is 2.48. The number of Topliss-reactive ketones (excluding diaryl/α,β-unsaturated/α-hetero) is 4. The van der Waals surface area contributed by atoms with Gasteiger partial charge in [0.1, 0.15) is 29.7 Å². The summed E-state index contributed by atoms with van der Waals surface area (Å²) in [7, 11) is -9.79. The van der Waals surface area contributed by atoms with Gasteiger partial charge in [-0.15, -0.1) is 0 Å². The van der Waals surface area contributed by atoms with E-state index in [2.05, 4.69) is 0 Å². The predicted octanol–water partition coefficient (Wildman–Crippen LogP) is -0.587. The molecule has 15 heteroatoms. The molecule has 0 amide bonds. The van der Waals surface area contributed by atoms with Gasteiger partial charge in [0, 0.05) is 24.0 Å². The maximum absolute atomic E-state index is 12.0. The first-order valence-electron chi connectivity index (χ1n) is 10.3. The smallest absolute Gasteiger partial charge is 0.747 e. The van der Waals surface area contributed by atoms with Crippen LogP contribution in [-0.2, 0) is 48.9 Å². The van der Waals surface area contributed by atoms with Crippen molar-refractivity contribution >= 4 is 66.4 Å². The van der Waals surface area contributed by atoms with Crippen molar-refractivity contribution in [3.8, 4) is 0 Å². The molecule has 2 heterocycles. The minimum atomic E-state index is -4.89. The molecule has 188 valence electrons. The minimum absolute atomic E-state index is 0. The second-order valence-electron chi connectivity index (χ2n) is 8.75. The summed E-state index contributed by atoms with van der Waals surface area (Å²) >= 11 is 0. The van der Waals surface area contributed by atoms with Crippen molar-refractivity contribution in [2.45, 2.75) is 61.9 Å². The van der Waals surface area contributed by atoms with Crippen LogP contribution in [0.3, 0.4) is 0 Å². The molecule has 0 saturated heterocycles. The Bertz CT molecular complexity index is 1160. The van der Waals surface area contributed by atoms with Crippen molar-refractivity contribution in [3.63, 3.8) is 0 Å². The van der Waals surface area contributed by atoms with Gasteiger partial charge in [-0.25, -0.2) is 16.8 Å². The number of carbonyl (C=O) groups excluding carboxylic acids is 4. The molecule has 0 aromatic rings. The fraction of sp³-hybridized carbons (Fsp3) is 0.600. The van der Waals surface area contributed by atoms with E-state index >= 15 is 0 Å². The fourth-order valence-electron chi connectivity index (χ4n) is 4.06. The number of allylic oxidation sites excluding steroid dienone is 4. The van der Waals surface area contributed by atoms with Crippen molar-refractivity contribution in [2.24, 2.45) is 0 Å². The van der Waals surface area contributed by atoms with E-state index in [4.69, 9.17) is 9.47 Å². The van der Waals surface area contributed by atoms with E-state index in [1.165, 1.54) is 0 Å². The fourth-order valence-corrected chi connectivity index (χ4v) is 5.31. The maximum Gasteiger partial charge on any atom is 2.00 e. The molecule has 2 atom stereocenters. The molecule has 0 saturated carbocycles. The number of hydrogen-bond donors (Lipinski definition) is 0. The zero-order chi connectivity index (χ0) is 25.7. The largest absolute Gasteiger partial charge is 2.00 e. The molecule has 2 unspecified atom stereocenters. The predicted molar refractivity (Wildman–Crippen MR) is 116 cm³/mol. The molecule has 0 radical (unpaired) electrons. The Kier molecular flexibility index (Phi) is 8.46. The number of rotatable bonds is 2. The molecule has 2 aliphatic carbocycles. The second-order valence-corrected chi connectivity index (χ2v) is 12.4. The quantitative estimate of drug-likeness (QED) is 0.317. The third-order valence-corrected chi connectivity index (χ3v) is 9.20. The van der Waals surface area contributed by atoms with Gasteiger partial charge in [-0.3, -0.25) is 19.2 Å². The standard InChI is InChI=1S/2C10H12O6S.Mg/c2*1-10(17(13,14)15)5-7(11)6-3-2-4-16-8(6)9(10)12;/h2*2-5H2,1H3,(H,13,14,15);/q;;+2/p-2. The number of ether oxygens (including phenoxy) is 2. The number of ketones is 4. The van der Waals surface area contributed by atoms with Crippen LogP contribution in [0.15, 0.2) is 22.7 Å². The Morgan fingerprint density at radius 3 is 1.29 bits per heavy atom. The summed E-state index contributed by atoms with van der Waals surface area (Å²) in [6.07, 6.45) is 0.848. The Labute approximate surface area is 218 Å². The van der Waals surface area contributed by atoms with Crippen LogP contribution in [-0.4, -0.2) is 94.8 Å². The molecule has 4 rings (SSSR count). The molecule has 0 aromatic heterocycles. The van der Waals surface area contributed by atoms with Crippen molar-refractivity contribution in [1.82, 2.24) is 0 Å². The van der Waals surface area contributed by atoms with Gasteiger partial charge in [-0.2, -0.15) is 0 Å². The van der Waals surface area contributed by atoms with Crippen molar-refractivity contribution < 1.29 is 54.6 Å². The van der Waals surface area contributed by atoms with E-state index in [-0.39, 0.29) is 58.9 Å². The van der Waals surface area contributed by atoms with Crippen LogP contribution in [0.4, 0.5) is 0 Å². The van der Waals surface area contributed by atoms with Gasteiger partial charge < -0.3 is 18.6 Å². The summed E-state index contributed by atoms with van der Waals surface area (Å²) in [5, 5.41) is 0. The Hall–Kier alpha value is -1.65. The summed E-state index contributed by atoms with van der Waals surface area (Å²) < 4.78 is 72.5. The molecule has 0 N–H and O–H groups in total. The topological polar surface area (TPSA) is 201 Å². The monoisotopic (exact) mass is 542 g/mol. The average molecular weight is 543 g/mol. The molecule has 0 spiro atoms. The van der Waals surface area contributed by atoms with Crippen LogP contribution in [0, 0.1) is 0 Å². The third-order valence-electron chi connectivity index (χ3n) is 6.33. The van der Waals surface area contributed by atoms with Crippen LogP contribution in [0.5, 0.6) is 0 Å². The molecule has 35 heavy (non-hydrogen) atoms. The van der Waals surface area contributed by atoms with Gasteiger partial charge in [0.2, 0.25) is 11.6 Å². The van der Waals surface area contributed by atoms with Crippen LogP contribution in [0.1, 0.15) is 52.4 Å². The van der Waals surface area contributed by atoms with Crippen molar-refractivity contribution in [2.75, 3.05) is 13.2 Å². The van der Waals surface area contributed by atoms with Crippen LogP contribution >= 0.6 is 0 Å². The van der Waals surface area contributed by atoms with Crippen LogP contribution < -0.4 is 0 Å². The molecule has 0 fully saturated rings. The number of hydrogen-bond acceptors (Lipinski definition) is 12. The zero-order valence-corrected chi connectivity index (χ0v) is 22.1. The Balaban J connectivity index is 0.000000240. The Morgan fingerprint density at radius 2 is 1.00 bits per heavy atom. The van der Waals surface area contributed by atoms with Crippen LogP contribution in [0.25, 0.3) is 0 Å². The summed E-state index contributed by atoms with van der Waals surface area (Å²) in [4.78, 5) is 47.4. The molecule has 12 nitrogen and oxygen atoms in total. The van der Waals surface area contributed by atoms with Crippen molar-refractivity contribution in [3.05, 3.63) is 22.7 Å². The SMILES string of the molecule is CC1(S(=O)(=O)[O-])CC(=O)C2=C(OCCC2)C1=O.CC1(S(=O)(=O)[O-])CC(=O)C2=C(OCCC2)C1=O.[Mg+2]. The van der Waals surface area contributed by atoms with E-state index in [1.54, 1.807) is 0 Å². The summed E-state index contributed by atoms with van der Waals surface area (Å²) in [5.74, 6) is -3.20. The van der Waals surface area contributed by atoms with Gasteiger partial charge in [0.05, 0.1) is 13.2 Å². The van der Waals surface area contributed by atoms with Gasteiger partial charge in [0.25, 0.3) is 0 Å². The molecule has 2 aliphatic heterocycles. The maximum atomic E-state index is 12.0. The second kappa shape index (κ2) is 10.0.